The van der Waals surface area contributed by atoms with E-state index in [9.17, 15) is 9.59 Å². The van der Waals surface area contributed by atoms with Crippen molar-refractivity contribution in [3.63, 3.8) is 0 Å². The predicted molar refractivity (Wildman–Crippen MR) is 115 cm³/mol. The second-order valence-electron chi connectivity index (χ2n) is 8.25. The molecule has 0 bridgehead atoms. The van der Waals surface area contributed by atoms with Crippen molar-refractivity contribution >= 4 is 11.8 Å². The molecule has 3 aromatic rings. The van der Waals surface area contributed by atoms with Gasteiger partial charge in [-0.05, 0) is 54.5 Å². The minimum absolute atomic E-state index is 0.0401. The minimum atomic E-state index is -0.115. The quantitative estimate of drug-likeness (QED) is 0.642. The average Bonchev–Trinajstić information content (AvgIpc) is 3.53. The minimum Gasteiger partial charge on any atom is -0.273 e. The Morgan fingerprint density at radius 3 is 2.29 bits per heavy atom. The van der Waals surface area contributed by atoms with Gasteiger partial charge >= 0.3 is 0 Å². The fraction of sp³-hybridized carbons (Fsp3) is 0.333. The Kier molecular flexibility index (Phi) is 5.24. The number of benzene rings is 1. The molecule has 1 aliphatic heterocycles. The van der Waals surface area contributed by atoms with E-state index in [0.717, 1.165) is 30.7 Å². The fourth-order valence-corrected chi connectivity index (χ4v) is 4.60. The van der Waals surface area contributed by atoms with Gasteiger partial charge in [0, 0.05) is 31.9 Å². The largest absolute Gasteiger partial charge is 0.273 e. The molecule has 0 radical (unpaired) electrons. The summed E-state index contributed by atoms with van der Waals surface area (Å²) >= 11 is 0. The zero-order chi connectivity index (χ0) is 21.2. The van der Waals surface area contributed by atoms with E-state index in [1.54, 1.807) is 27.1 Å². The van der Waals surface area contributed by atoms with Crippen LogP contribution >= 0.6 is 0 Å². The maximum atomic E-state index is 13.0. The summed E-state index contributed by atoms with van der Waals surface area (Å²) in [5.41, 5.74) is 4.18. The molecule has 2 aromatic heterocycles. The second-order valence-corrected chi connectivity index (χ2v) is 8.25. The van der Waals surface area contributed by atoms with E-state index in [0.29, 0.717) is 25.4 Å². The zero-order valence-corrected chi connectivity index (χ0v) is 17.4. The molecule has 7 heteroatoms. The van der Waals surface area contributed by atoms with Gasteiger partial charge in [0.15, 0.2) is 0 Å². The fourth-order valence-electron chi connectivity index (χ4n) is 4.60. The number of amides is 2. The summed E-state index contributed by atoms with van der Waals surface area (Å²) in [6.45, 7) is 1.28. The molecule has 1 aliphatic carbocycles. The SMILES string of the molecule is O=C(CC1Cc2ccccc2C1)N1CCCN1C(=O)Cn1ccc(-c2ccccn2)n1. The molecule has 5 rings (SSSR count). The summed E-state index contributed by atoms with van der Waals surface area (Å²) in [7, 11) is 0. The summed E-state index contributed by atoms with van der Waals surface area (Å²) in [4.78, 5) is 30.3. The highest BCUT2D eigenvalue weighted by Gasteiger charge is 2.33. The van der Waals surface area contributed by atoms with Crippen molar-refractivity contribution in [1.29, 1.82) is 0 Å². The molecule has 1 aromatic carbocycles. The number of fused-ring (bicyclic) bond motifs is 1. The number of aromatic nitrogens is 3. The lowest BCUT2D eigenvalue weighted by Gasteiger charge is -2.28. The summed E-state index contributed by atoms with van der Waals surface area (Å²) in [5, 5.41) is 7.72. The number of rotatable bonds is 5. The van der Waals surface area contributed by atoms with Gasteiger partial charge in [0.25, 0.3) is 5.91 Å². The molecule has 0 atom stereocenters. The van der Waals surface area contributed by atoms with Crippen molar-refractivity contribution in [2.75, 3.05) is 13.1 Å². The van der Waals surface area contributed by atoms with Gasteiger partial charge in [-0.2, -0.15) is 5.10 Å². The molecule has 1 fully saturated rings. The van der Waals surface area contributed by atoms with E-state index in [1.165, 1.54) is 11.1 Å². The number of hydrogen-bond acceptors (Lipinski definition) is 4. The van der Waals surface area contributed by atoms with Crippen molar-refractivity contribution in [3.05, 3.63) is 72.1 Å². The highest BCUT2D eigenvalue weighted by atomic mass is 16.2. The second kappa shape index (κ2) is 8.34. The molecule has 2 aliphatic rings. The van der Waals surface area contributed by atoms with E-state index in [2.05, 4.69) is 34.3 Å². The van der Waals surface area contributed by atoms with Crippen LogP contribution in [0, 0.1) is 5.92 Å². The molecule has 1 saturated heterocycles. The van der Waals surface area contributed by atoms with E-state index in [-0.39, 0.29) is 18.4 Å². The van der Waals surface area contributed by atoms with Crippen molar-refractivity contribution in [2.24, 2.45) is 5.92 Å². The van der Waals surface area contributed by atoms with Crippen molar-refractivity contribution in [2.45, 2.75) is 32.2 Å². The summed E-state index contributed by atoms with van der Waals surface area (Å²) in [6, 6.07) is 15.9. The molecule has 0 N–H and O–H groups in total. The van der Waals surface area contributed by atoms with E-state index in [1.807, 2.05) is 24.3 Å². The maximum absolute atomic E-state index is 13.0. The third kappa shape index (κ3) is 4.08. The molecule has 0 saturated carbocycles. The topological polar surface area (TPSA) is 71.3 Å². The summed E-state index contributed by atoms with van der Waals surface area (Å²) < 4.78 is 1.61. The van der Waals surface area contributed by atoms with Crippen LogP contribution in [0.5, 0.6) is 0 Å². The number of hydrazine groups is 1. The zero-order valence-electron chi connectivity index (χ0n) is 17.4. The van der Waals surface area contributed by atoms with E-state index < -0.39 is 0 Å². The average molecular weight is 415 g/mol. The standard InChI is InChI=1S/C24H25N5O2/c30-23(16-18-14-19-6-1-2-7-20(19)15-18)28-11-5-12-29(28)24(31)17-27-13-9-22(26-27)21-8-3-4-10-25-21/h1-4,6-10,13,18H,5,11-12,14-17H2. The van der Waals surface area contributed by atoms with Crippen LogP contribution in [-0.4, -0.2) is 49.7 Å². The van der Waals surface area contributed by atoms with Crippen LogP contribution in [0.25, 0.3) is 11.4 Å². The molecular formula is C24H25N5O2. The van der Waals surface area contributed by atoms with Crippen LogP contribution in [0.4, 0.5) is 0 Å². The normalized spacial score (nSPS) is 16.0. The monoisotopic (exact) mass is 415 g/mol. The Labute approximate surface area is 181 Å². The highest BCUT2D eigenvalue weighted by molar-refractivity contribution is 5.83. The van der Waals surface area contributed by atoms with Crippen LogP contribution < -0.4 is 0 Å². The van der Waals surface area contributed by atoms with Crippen LogP contribution in [0.2, 0.25) is 0 Å². The highest BCUT2D eigenvalue weighted by Crippen LogP contribution is 2.29. The lowest BCUT2D eigenvalue weighted by molar-refractivity contribution is -0.159. The Morgan fingerprint density at radius 1 is 0.871 bits per heavy atom. The van der Waals surface area contributed by atoms with Crippen molar-refractivity contribution < 1.29 is 9.59 Å². The van der Waals surface area contributed by atoms with Gasteiger partial charge in [-0.1, -0.05) is 30.3 Å². The lowest BCUT2D eigenvalue weighted by Crippen LogP contribution is -2.46. The first-order valence-corrected chi connectivity index (χ1v) is 10.8. The van der Waals surface area contributed by atoms with E-state index in [4.69, 9.17) is 0 Å². The molecule has 7 nitrogen and oxygen atoms in total. The molecule has 31 heavy (non-hydrogen) atoms. The Morgan fingerprint density at radius 2 is 1.58 bits per heavy atom. The molecule has 0 spiro atoms. The van der Waals surface area contributed by atoms with Gasteiger partial charge < -0.3 is 0 Å². The van der Waals surface area contributed by atoms with Gasteiger partial charge in [-0.25, -0.2) is 5.01 Å². The molecule has 0 unspecified atom stereocenters. The van der Waals surface area contributed by atoms with Crippen LogP contribution in [-0.2, 0) is 29.0 Å². The Balaban J connectivity index is 1.21. The van der Waals surface area contributed by atoms with Crippen molar-refractivity contribution in [1.82, 2.24) is 24.8 Å². The van der Waals surface area contributed by atoms with Gasteiger partial charge in [0.2, 0.25) is 5.91 Å². The van der Waals surface area contributed by atoms with Crippen LogP contribution in [0.3, 0.4) is 0 Å². The first kappa shape index (κ1) is 19.5. The number of pyridine rings is 1. The lowest BCUT2D eigenvalue weighted by atomic mass is 10.0. The number of carbonyl (C=O) groups excluding carboxylic acids is 2. The number of hydrogen-bond donors (Lipinski definition) is 0. The summed E-state index contributed by atoms with van der Waals surface area (Å²) in [6.07, 6.45) is 6.65. The Hall–Kier alpha value is -3.48. The van der Waals surface area contributed by atoms with Gasteiger partial charge in [-0.15, -0.1) is 0 Å². The molecular weight excluding hydrogens is 390 g/mol. The van der Waals surface area contributed by atoms with Crippen LogP contribution in [0.15, 0.2) is 60.9 Å². The number of carbonyl (C=O) groups is 2. The van der Waals surface area contributed by atoms with Gasteiger partial charge in [-0.3, -0.25) is 24.3 Å². The molecule has 2 amide bonds. The molecule has 158 valence electrons. The van der Waals surface area contributed by atoms with Gasteiger partial charge in [0.1, 0.15) is 12.2 Å². The van der Waals surface area contributed by atoms with Crippen molar-refractivity contribution in [3.8, 4) is 11.4 Å². The number of nitrogens with zero attached hydrogens (tertiary/aromatic N) is 5. The smallest absolute Gasteiger partial charge is 0.262 e. The first-order valence-electron chi connectivity index (χ1n) is 10.8. The van der Waals surface area contributed by atoms with Gasteiger partial charge in [0.05, 0.1) is 5.69 Å². The Bertz CT molecular complexity index is 1070. The van der Waals surface area contributed by atoms with Crippen LogP contribution in [0.1, 0.15) is 24.0 Å². The first-order chi connectivity index (χ1) is 15.2. The van der Waals surface area contributed by atoms with E-state index >= 15 is 0 Å². The maximum Gasteiger partial charge on any atom is 0.262 e. The predicted octanol–water partition coefficient (Wildman–Crippen LogP) is 2.73. The third-order valence-corrected chi connectivity index (χ3v) is 6.07. The third-order valence-electron chi connectivity index (χ3n) is 6.07. The summed E-state index contributed by atoms with van der Waals surface area (Å²) in [5.74, 6) is 0.240. The molecule has 3 heterocycles.